The zero-order valence-electron chi connectivity index (χ0n) is 9.20. The number of hydrogen-bond donors (Lipinski definition) is 1. The van der Waals surface area contributed by atoms with Crippen LogP contribution in [0, 0.1) is 0 Å². The highest BCUT2D eigenvalue weighted by Gasteiger charge is 2.15. The molecule has 5 heteroatoms. The Morgan fingerprint density at radius 1 is 1.28 bits per heavy atom. The lowest BCUT2D eigenvalue weighted by atomic mass is 10.1. The summed E-state index contributed by atoms with van der Waals surface area (Å²) in [6, 6.07) is 7.38. The minimum absolute atomic E-state index is 0.209. The van der Waals surface area contributed by atoms with Crippen LogP contribution < -0.4 is 10.4 Å². The summed E-state index contributed by atoms with van der Waals surface area (Å²) in [6.07, 6.45) is 4.73. The van der Waals surface area contributed by atoms with Crippen LogP contribution in [0.5, 0.6) is 0 Å². The third-order valence-corrected chi connectivity index (χ3v) is 2.69. The number of carboxylic acid groups (broad SMARTS) is 1. The van der Waals surface area contributed by atoms with E-state index in [9.17, 15) is 9.90 Å². The molecule has 0 spiro atoms. The highest BCUT2D eigenvalue weighted by atomic mass is 16.6. The maximum absolute atomic E-state index is 11.2. The number of oxime groups is 1. The molecule has 0 unspecified atom stereocenters. The fourth-order valence-corrected chi connectivity index (χ4v) is 1.92. The largest absolute Gasteiger partial charge is 0.475 e. The second kappa shape index (κ2) is 3.96. The topological polar surface area (TPSA) is 71.8 Å². The molecule has 0 fully saturated rings. The van der Waals surface area contributed by atoms with Gasteiger partial charge in [-0.15, -0.1) is 0 Å². The predicted octanol–water partition coefficient (Wildman–Crippen LogP) is 0.224. The lowest BCUT2D eigenvalue weighted by Crippen LogP contribution is -2.30. The Morgan fingerprint density at radius 2 is 2.17 bits per heavy atom. The van der Waals surface area contributed by atoms with Crippen LogP contribution in [-0.2, 0) is 9.63 Å². The number of carboxylic acids is 1. The van der Waals surface area contributed by atoms with Gasteiger partial charge in [0.1, 0.15) is 0 Å². The van der Waals surface area contributed by atoms with Gasteiger partial charge in [0.25, 0.3) is 5.76 Å². The summed E-state index contributed by atoms with van der Waals surface area (Å²) < 4.78 is 0. The second-order valence-electron chi connectivity index (χ2n) is 3.75. The van der Waals surface area contributed by atoms with Crippen LogP contribution in [0.3, 0.4) is 0 Å². The molecule has 1 aliphatic rings. The molecule has 0 atom stereocenters. The van der Waals surface area contributed by atoms with Crippen molar-refractivity contribution in [1.29, 1.82) is 0 Å². The van der Waals surface area contributed by atoms with Gasteiger partial charge in [0.2, 0.25) is 0 Å². The maximum atomic E-state index is 11.2. The first-order valence-corrected chi connectivity index (χ1v) is 5.29. The minimum Gasteiger partial charge on any atom is -0.475 e. The van der Waals surface area contributed by atoms with Crippen molar-refractivity contribution in [2.24, 2.45) is 5.16 Å². The van der Waals surface area contributed by atoms with Crippen molar-refractivity contribution in [2.75, 3.05) is 0 Å². The Balaban J connectivity index is 2.62. The zero-order valence-corrected chi connectivity index (χ0v) is 9.20. The molecule has 18 heavy (non-hydrogen) atoms. The SMILES string of the molecule is O=C(O)C1=c2c(ccc3cccnc23)=CC=NO1. The Bertz CT molecular complexity index is 793. The van der Waals surface area contributed by atoms with E-state index in [1.165, 1.54) is 6.21 Å². The van der Waals surface area contributed by atoms with Crippen molar-refractivity contribution in [3.8, 4) is 0 Å². The molecule has 5 nitrogen and oxygen atoms in total. The summed E-state index contributed by atoms with van der Waals surface area (Å²) in [5.74, 6) is -1.37. The smallest absolute Gasteiger partial charge is 0.375 e. The van der Waals surface area contributed by atoms with Crippen molar-refractivity contribution in [3.05, 3.63) is 40.9 Å². The first kappa shape index (κ1) is 10.5. The van der Waals surface area contributed by atoms with Crippen LogP contribution in [0.4, 0.5) is 0 Å². The van der Waals surface area contributed by atoms with Crippen molar-refractivity contribution in [1.82, 2.24) is 4.98 Å². The van der Waals surface area contributed by atoms with Gasteiger partial charge in [-0.2, -0.15) is 0 Å². The second-order valence-corrected chi connectivity index (χ2v) is 3.75. The van der Waals surface area contributed by atoms with Crippen LogP contribution >= 0.6 is 0 Å². The fraction of sp³-hybridized carbons (Fsp3) is 0. The predicted molar refractivity (Wildman–Crippen MR) is 66.1 cm³/mol. The van der Waals surface area contributed by atoms with E-state index in [1.54, 1.807) is 18.3 Å². The summed E-state index contributed by atoms with van der Waals surface area (Å²) in [6.45, 7) is 0. The quantitative estimate of drug-likeness (QED) is 0.774. The normalized spacial score (nSPS) is 13.4. The molecular weight excluding hydrogens is 232 g/mol. The minimum atomic E-state index is -1.16. The van der Waals surface area contributed by atoms with E-state index in [0.717, 1.165) is 10.6 Å². The van der Waals surface area contributed by atoms with Gasteiger partial charge < -0.3 is 9.94 Å². The molecule has 0 saturated heterocycles. The molecule has 1 aliphatic heterocycles. The number of aliphatic carboxylic acids is 1. The third kappa shape index (κ3) is 1.53. The molecule has 0 aliphatic carbocycles. The van der Waals surface area contributed by atoms with E-state index in [2.05, 4.69) is 10.1 Å². The number of carbonyl (C=O) groups is 1. The fourth-order valence-electron chi connectivity index (χ4n) is 1.92. The number of benzene rings is 1. The summed E-state index contributed by atoms with van der Waals surface area (Å²) in [5.41, 5.74) is 0.592. The highest BCUT2D eigenvalue weighted by molar-refractivity contribution is 6.08. The van der Waals surface area contributed by atoms with E-state index in [-0.39, 0.29) is 5.76 Å². The average Bonchev–Trinajstić information content (AvgIpc) is 2.61. The lowest BCUT2D eigenvalue weighted by molar-refractivity contribution is -0.132. The third-order valence-electron chi connectivity index (χ3n) is 2.69. The van der Waals surface area contributed by atoms with Crippen molar-refractivity contribution in [3.63, 3.8) is 0 Å². The van der Waals surface area contributed by atoms with E-state index < -0.39 is 5.97 Å². The maximum Gasteiger partial charge on any atom is 0.375 e. The standard InChI is InChI=1S/C13H8N2O3/c16-13(17)12-10-8(5-7-15-18-12)3-4-9-2-1-6-14-11(9)10/h1-7H,(H,16,17). The van der Waals surface area contributed by atoms with Crippen LogP contribution in [0.15, 0.2) is 35.6 Å². The molecule has 3 rings (SSSR count). The lowest BCUT2D eigenvalue weighted by Gasteiger charge is -2.01. The van der Waals surface area contributed by atoms with Gasteiger partial charge in [0.05, 0.1) is 16.9 Å². The summed E-state index contributed by atoms with van der Waals surface area (Å²) >= 11 is 0. The number of nitrogens with zero attached hydrogens (tertiary/aromatic N) is 2. The van der Waals surface area contributed by atoms with Crippen molar-refractivity contribution >= 4 is 34.9 Å². The van der Waals surface area contributed by atoms with E-state index in [0.29, 0.717) is 10.7 Å². The Hall–Kier alpha value is -2.69. The number of pyridine rings is 1. The number of aromatic nitrogens is 1. The van der Waals surface area contributed by atoms with Crippen LogP contribution in [0.25, 0.3) is 22.7 Å². The van der Waals surface area contributed by atoms with Crippen LogP contribution in [-0.4, -0.2) is 22.3 Å². The van der Waals surface area contributed by atoms with Crippen molar-refractivity contribution < 1.29 is 14.7 Å². The first-order chi connectivity index (χ1) is 8.77. The van der Waals surface area contributed by atoms with Gasteiger partial charge in [-0.05, 0) is 17.4 Å². The Kier molecular flexibility index (Phi) is 2.30. The summed E-state index contributed by atoms with van der Waals surface area (Å²) in [5, 5.41) is 14.8. The summed E-state index contributed by atoms with van der Waals surface area (Å²) in [4.78, 5) is 20.4. The highest BCUT2D eigenvalue weighted by Crippen LogP contribution is 2.06. The number of hydrogen-bond acceptors (Lipinski definition) is 4. The van der Waals surface area contributed by atoms with Gasteiger partial charge in [-0.1, -0.05) is 23.4 Å². The monoisotopic (exact) mass is 240 g/mol. The Labute approximate surface area is 101 Å². The molecule has 1 N–H and O–H groups in total. The molecule has 0 radical (unpaired) electrons. The van der Waals surface area contributed by atoms with E-state index >= 15 is 0 Å². The average molecular weight is 240 g/mol. The molecule has 0 amide bonds. The first-order valence-electron chi connectivity index (χ1n) is 5.29. The van der Waals surface area contributed by atoms with E-state index in [1.807, 2.05) is 18.2 Å². The van der Waals surface area contributed by atoms with Crippen LogP contribution in [0.2, 0.25) is 0 Å². The molecule has 1 aromatic carbocycles. The van der Waals surface area contributed by atoms with Gasteiger partial charge in [0, 0.05) is 11.6 Å². The van der Waals surface area contributed by atoms with Gasteiger partial charge >= 0.3 is 5.97 Å². The molecule has 1 aromatic heterocycles. The number of fused-ring (bicyclic) bond motifs is 3. The van der Waals surface area contributed by atoms with Gasteiger partial charge in [-0.25, -0.2) is 4.79 Å². The van der Waals surface area contributed by atoms with Gasteiger partial charge in [0.15, 0.2) is 0 Å². The molecule has 0 bridgehead atoms. The molecular formula is C13H8N2O3. The molecule has 2 aromatic rings. The zero-order chi connectivity index (χ0) is 12.5. The molecule has 0 saturated carbocycles. The van der Waals surface area contributed by atoms with Crippen LogP contribution in [0.1, 0.15) is 0 Å². The Morgan fingerprint density at radius 3 is 3.00 bits per heavy atom. The molecule has 88 valence electrons. The van der Waals surface area contributed by atoms with Crippen molar-refractivity contribution in [2.45, 2.75) is 0 Å². The van der Waals surface area contributed by atoms with Gasteiger partial charge in [-0.3, -0.25) is 4.98 Å². The summed E-state index contributed by atoms with van der Waals surface area (Å²) in [7, 11) is 0. The molecule has 2 heterocycles. The van der Waals surface area contributed by atoms with E-state index in [4.69, 9.17) is 4.84 Å². The number of rotatable bonds is 1.